The summed E-state index contributed by atoms with van der Waals surface area (Å²) in [4.78, 5) is 13.0. The minimum Gasteiger partial charge on any atom is -0.264 e. The molecule has 3 heterocycles. The molecule has 3 aromatic heterocycles. The number of aromatic nitrogens is 3. The van der Waals surface area contributed by atoms with Gasteiger partial charge in [0.1, 0.15) is 10.8 Å². The lowest BCUT2D eigenvalue weighted by Gasteiger charge is -2.01. The zero-order valence-electron chi connectivity index (χ0n) is 11.4. The Kier molecular flexibility index (Phi) is 3.12. The molecule has 0 fully saturated rings. The Bertz CT molecular complexity index is 950. The number of rotatable bonds is 2. The van der Waals surface area contributed by atoms with E-state index in [0.29, 0.717) is 11.2 Å². The first kappa shape index (κ1) is 13.0. The summed E-state index contributed by atoms with van der Waals surface area (Å²) in [5.74, 6) is -0.249. The van der Waals surface area contributed by atoms with E-state index >= 15 is 0 Å². The molecule has 0 aliphatic heterocycles. The van der Waals surface area contributed by atoms with Crippen LogP contribution in [0.4, 0.5) is 4.39 Å². The summed E-state index contributed by atoms with van der Waals surface area (Å²) in [5.41, 5.74) is 2.93. The van der Waals surface area contributed by atoms with Crippen molar-refractivity contribution in [3.63, 3.8) is 0 Å². The third-order valence-corrected chi connectivity index (χ3v) is 4.38. The van der Waals surface area contributed by atoms with Crippen molar-refractivity contribution in [3.05, 3.63) is 66.9 Å². The highest BCUT2D eigenvalue weighted by Crippen LogP contribution is 2.32. The van der Waals surface area contributed by atoms with E-state index in [1.54, 1.807) is 30.7 Å². The van der Waals surface area contributed by atoms with Crippen LogP contribution in [-0.4, -0.2) is 15.0 Å². The van der Waals surface area contributed by atoms with Crippen molar-refractivity contribution in [2.24, 2.45) is 0 Å². The van der Waals surface area contributed by atoms with E-state index < -0.39 is 0 Å². The van der Waals surface area contributed by atoms with Gasteiger partial charge in [-0.25, -0.2) is 14.4 Å². The fourth-order valence-electron chi connectivity index (χ4n) is 2.27. The van der Waals surface area contributed by atoms with Gasteiger partial charge in [0.05, 0.1) is 4.70 Å². The van der Waals surface area contributed by atoms with Crippen LogP contribution < -0.4 is 0 Å². The number of hydrogen-bond donors (Lipinski definition) is 0. The third kappa shape index (κ3) is 2.25. The Morgan fingerprint density at radius 1 is 0.955 bits per heavy atom. The Morgan fingerprint density at radius 3 is 2.68 bits per heavy atom. The molecule has 1 aromatic carbocycles. The van der Waals surface area contributed by atoms with Gasteiger partial charge < -0.3 is 0 Å². The number of pyridine rings is 2. The molecule has 22 heavy (non-hydrogen) atoms. The lowest BCUT2D eigenvalue weighted by Crippen LogP contribution is -1.85. The van der Waals surface area contributed by atoms with Crippen molar-refractivity contribution >= 4 is 21.7 Å². The highest BCUT2D eigenvalue weighted by molar-refractivity contribution is 7.21. The number of nitrogens with zero attached hydrogens (tertiary/aromatic N) is 3. The summed E-state index contributed by atoms with van der Waals surface area (Å²) in [6, 6.07) is 12.5. The normalized spacial score (nSPS) is 11.0. The molecule has 0 aliphatic carbocycles. The molecule has 4 aromatic rings. The molecule has 0 radical (unpaired) electrons. The molecule has 0 saturated heterocycles. The van der Waals surface area contributed by atoms with Crippen molar-refractivity contribution in [3.8, 4) is 21.7 Å². The minimum absolute atomic E-state index is 0.249. The van der Waals surface area contributed by atoms with E-state index in [2.05, 4.69) is 15.0 Å². The largest absolute Gasteiger partial charge is 0.264 e. The molecule has 3 nitrogen and oxygen atoms in total. The maximum Gasteiger partial charge on any atom is 0.170 e. The van der Waals surface area contributed by atoms with E-state index in [1.807, 2.05) is 24.3 Å². The Balaban J connectivity index is 1.84. The molecule has 0 spiro atoms. The molecule has 0 bridgehead atoms. The molecule has 106 valence electrons. The van der Waals surface area contributed by atoms with Crippen molar-refractivity contribution < 1.29 is 4.39 Å². The van der Waals surface area contributed by atoms with Crippen LogP contribution >= 0.6 is 11.3 Å². The third-order valence-electron chi connectivity index (χ3n) is 3.34. The number of thiazole rings is 1. The maximum absolute atomic E-state index is 13.9. The van der Waals surface area contributed by atoms with Crippen LogP contribution in [0.15, 0.2) is 61.1 Å². The topological polar surface area (TPSA) is 38.7 Å². The second-order valence-electron chi connectivity index (χ2n) is 4.79. The summed E-state index contributed by atoms with van der Waals surface area (Å²) in [6.07, 6.45) is 5.16. The lowest BCUT2D eigenvalue weighted by molar-refractivity contribution is 0.631. The number of hydrogen-bond acceptors (Lipinski definition) is 4. The van der Waals surface area contributed by atoms with Gasteiger partial charge in [-0.15, -0.1) is 11.3 Å². The zero-order chi connectivity index (χ0) is 14.9. The Morgan fingerprint density at radius 2 is 1.86 bits per heavy atom. The molecule has 0 aliphatic rings. The summed E-state index contributed by atoms with van der Waals surface area (Å²) < 4.78 is 14.8. The monoisotopic (exact) mass is 307 g/mol. The van der Waals surface area contributed by atoms with Crippen molar-refractivity contribution in [1.29, 1.82) is 0 Å². The first-order valence-corrected chi connectivity index (χ1v) is 7.55. The average Bonchev–Trinajstić information content (AvgIpc) is 2.99. The lowest BCUT2D eigenvalue weighted by atomic mass is 10.1. The van der Waals surface area contributed by atoms with Gasteiger partial charge in [0.2, 0.25) is 0 Å². The molecular formula is C17H10FN3S. The number of halogens is 1. The van der Waals surface area contributed by atoms with Gasteiger partial charge in [0, 0.05) is 35.3 Å². The summed E-state index contributed by atoms with van der Waals surface area (Å²) in [5, 5.41) is 0.862. The Labute approximate surface area is 130 Å². The van der Waals surface area contributed by atoms with Gasteiger partial charge in [0.15, 0.2) is 5.65 Å². The fourth-order valence-corrected chi connectivity index (χ4v) is 3.23. The average molecular weight is 307 g/mol. The SMILES string of the molecule is Fc1ccccc1-c1cnc2nc(-c3cccnc3)sc2c1. The van der Waals surface area contributed by atoms with Crippen LogP contribution in [0.1, 0.15) is 0 Å². The van der Waals surface area contributed by atoms with Crippen LogP contribution in [0.25, 0.3) is 32.0 Å². The van der Waals surface area contributed by atoms with Gasteiger partial charge in [-0.1, -0.05) is 18.2 Å². The summed E-state index contributed by atoms with van der Waals surface area (Å²) in [7, 11) is 0. The van der Waals surface area contributed by atoms with Crippen LogP contribution in [0, 0.1) is 5.82 Å². The van der Waals surface area contributed by atoms with E-state index in [-0.39, 0.29) is 5.82 Å². The smallest absolute Gasteiger partial charge is 0.170 e. The zero-order valence-corrected chi connectivity index (χ0v) is 12.2. The number of benzene rings is 1. The second kappa shape index (κ2) is 5.27. The van der Waals surface area contributed by atoms with Crippen LogP contribution in [0.3, 0.4) is 0 Å². The predicted molar refractivity (Wildman–Crippen MR) is 86.0 cm³/mol. The molecule has 0 N–H and O–H groups in total. The highest BCUT2D eigenvalue weighted by atomic mass is 32.1. The molecule has 0 atom stereocenters. The highest BCUT2D eigenvalue weighted by Gasteiger charge is 2.10. The second-order valence-corrected chi connectivity index (χ2v) is 5.82. The van der Waals surface area contributed by atoms with Crippen LogP contribution in [0.2, 0.25) is 0 Å². The van der Waals surface area contributed by atoms with Crippen molar-refractivity contribution in [2.75, 3.05) is 0 Å². The standard InChI is InChI=1S/C17H10FN3S/c18-14-6-2-1-5-13(14)12-8-15-16(20-10-12)21-17(22-15)11-4-3-7-19-9-11/h1-10H. The van der Waals surface area contributed by atoms with Crippen molar-refractivity contribution in [1.82, 2.24) is 15.0 Å². The van der Waals surface area contributed by atoms with Gasteiger partial charge in [0.25, 0.3) is 0 Å². The predicted octanol–water partition coefficient (Wildman–Crippen LogP) is 4.56. The molecular weight excluding hydrogens is 297 g/mol. The number of fused-ring (bicyclic) bond motifs is 1. The molecule has 0 saturated carbocycles. The minimum atomic E-state index is -0.249. The maximum atomic E-state index is 13.9. The van der Waals surface area contributed by atoms with Crippen LogP contribution in [0.5, 0.6) is 0 Å². The fraction of sp³-hybridized carbons (Fsp3) is 0. The van der Waals surface area contributed by atoms with E-state index in [0.717, 1.165) is 20.8 Å². The van der Waals surface area contributed by atoms with E-state index in [1.165, 1.54) is 17.4 Å². The van der Waals surface area contributed by atoms with Crippen molar-refractivity contribution in [2.45, 2.75) is 0 Å². The Hall–Kier alpha value is -2.66. The van der Waals surface area contributed by atoms with Gasteiger partial charge >= 0.3 is 0 Å². The molecule has 4 rings (SSSR count). The molecule has 0 unspecified atom stereocenters. The summed E-state index contributed by atoms with van der Waals surface area (Å²) in [6.45, 7) is 0. The van der Waals surface area contributed by atoms with E-state index in [4.69, 9.17) is 0 Å². The van der Waals surface area contributed by atoms with Crippen LogP contribution in [-0.2, 0) is 0 Å². The first-order chi connectivity index (χ1) is 10.8. The van der Waals surface area contributed by atoms with E-state index in [9.17, 15) is 4.39 Å². The molecule has 0 amide bonds. The van der Waals surface area contributed by atoms with Gasteiger partial charge in [-0.3, -0.25) is 4.98 Å². The van der Waals surface area contributed by atoms with Gasteiger partial charge in [-0.05, 0) is 24.3 Å². The quantitative estimate of drug-likeness (QED) is 0.545. The first-order valence-electron chi connectivity index (χ1n) is 6.73. The summed E-state index contributed by atoms with van der Waals surface area (Å²) >= 11 is 1.53. The van der Waals surface area contributed by atoms with Gasteiger partial charge in [-0.2, -0.15) is 0 Å². The molecule has 5 heteroatoms.